The molecule has 1 aliphatic rings. The van der Waals surface area contributed by atoms with Gasteiger partial charge in [0.25, 0.3) is 0 Å². The molecule has 2 atom stereocenters. The molecule has 0 amide bonds. The van der Waals surface area contributed by atoms with Crippen LogP contribution in [0.4, 0.5) is 0 Å². The van der Waals surface area contributed by atoms with Crippen molar-refractivity contribution in [1.82, 2.24) is 0 Å². The number of ether oxygens (including phenoxy) is 2. The molecule has 1 aliphatic heterocycles. The monoisotopic (exact) mass is 261 g/mol. The minimum Gasteiger partial charge on any atom is -0.497 e. The van der Waals surface area contributed by atoms with E-state index in [1.54, 1.807) is 7.11 Å². The molecule has 0 N–H and O–H groups in total. The first-order chi connectivity index (χ1) is 9.15. The van der Waals surface area contributed by atoms with Crippen molar-refractivity contribution in [2.24, 2.45) is 4.99 Å². The summed E-state index contributed by atoms with van der Waals surface area (Å²) >= 11 is 0. The van der Waals surface area contributed by atoms with Crippen LogP contribution in [-0.4, -0.2) is 31.6 Å². The third kappa shape index (κ3) is 3.80. The molecular formula is C16H23NO2. The van der Waals surface area contributed by atoms with Gasteiger partial charge in [0.15, 0.2) is 0 Å². The van der Waals surface area contributed by atoms with E-state index < -0.39 is 0 Å². The van der Waals surface area contributed by atoms with Crippen LogP contribution in [0, 0.1) is 0 Å². The number of benzene rings is 1. The molecule has 2 rings (SSSR count). The molecule has 104 valence electrons. The van der Waals surface area contributed by atoms with E-state index >= 15 is 0 Å². The standard InChI is InChI=1S/C16H23NO2/c1-4-16(2)11-14(9-10-19-16)17-12-13-5-7-15(18-3)8-6-13/h5-8,12,14H,4,9-11H2,1-3H3. The van der Waals surface area contributed by atoms with Crippen molar-refractivity contribution < 1.29 is 9.47 Å². The Balaban J connectivity index is 1.97. The van der Waals surface area contributed by atoms with Crippen LogP contribution in [0.5, 0.6) is 5.75 Å². The Morgan fingerprint density at radius 3 is 2.79 bits per heavy atom. The number of rotatable bonds is 4. The molecule has 0 spiro atoms. The average Bonchev–Trinajstić information content (AvgIpc) is 2.46. The highest BCUT2D eigenvalue weighted by Crippen LogP contribution is 2.29. The molecule has 1 saturated heterocycles. The minimum atomic E-state index is 0.000163. The van der Waals surface area contributed by atoms with E-state index in [0.717, 1.165) is 37.2 Å². The van der Waals surface area contributed by atoms with Gasteiger partial charge >= 0.3 is 0 Å². The number of aliphatic imine (C=N–C) groups is 1. The van der Waals surface area contributed by atoms with Gasteiger partial charge in [-0.1, -0.05) is 6.92 Å². The van der Waals surface area contributed by atoms with Crippen molar-refractivity contribution in [1.29, 1.82) is 0 Å². The summed E-state index contributed by atoms with van der Waals surface area (Å²) in [7, 11) is 1.68. The first-order valence-corrected chi connectivity index (χ1v) is 6.96. The van der Waals surface area contributed by atoms with Gasteiger partial charge in [-0.2, -0.15) is 0 Å². The molecular weight excluding hydrogens is 238 g/mol. The maximum atomic E-state index is 5.84. The molecule has 19 heavy (non-hydrogen) atoms. The third-order valence-corrected chi connectivity index (χ3v) is 3.87. The van der Waals surface area contributed by atoms with Crippen molar-refractivity contribution in [2.45, 2.75) is 44.8 Å². The van der Waals surface area contributed by atoms with Gasteiger partial charge in [-0.05, 0) is 56.0 Å². The van der Waals surface area contributed by atoms with Gasteiger partial charge in [0.05, 0.1) is 18.8 Å². The second-order valence-corrected chi connectivity index (χ2v) is 5.35. The van der Waals surface area contributed by atoms with Crippen LogP contribution in [-0.2, 0) is 4.74 Å². The maximum absolute atomic E-state index is 5.84. The van der Waals surface area contributed by atoms with Crippen LogP contribution in [0.1, 0.15) is 38.7 Å². The summed E-state index contributed by atoms with van der Waals surface area (Å²) in [6.07, 6.45) is 5.03. The lowest BCUT2D eigenvalue weighted by Crippen LogP contribution is -2.38. The lowest BCUT2D eigenvalue weighted by atomic mass is 9.90. The van der Waals surface area contributed by atoms with Crippen LogP contribution < -0.4 is 4.74 Å². The molecule has 1 heterocycles. The lowest BCUT2D eigenvalue weighted by Gasteiger charge is -2.36. The van der Waals surface area contributed by atoms with Crippen LogP contribution in [0.25, 0.3) is 0 Å². The normalized spacial score (nSPS) is 27.6. The molecule has 3 nitrogen and oxygen atoms in total. The van der Waals surface area contributed by atoms with Crippen LogP contribution >= 0.6 is 0 Å². The van der Waals surface area contributed by atoms with E-state index in [1.165, 1.54) is 0 Å². The highest BCUT2D eigenvalue weighted by molar-refractivity contribution is 5.79. The Morgan fingerprint density at radius 2 is 2.16 bits per heavy atom. The Hall–Kier alpha value is -1.35. The highest BCUT2D eigenvalue weighted by Gasteiger charge is 2.31. The summed E-state index contributed by atoms with van der Waals surface area (Å²) in [6.45, 7) is 5.17. The van der Waals surface area contributed by atoms with E-state index in [2.05, 4.69) is 13.8 Å². The fourth-order valence-corrected chi connectivity index (χ4v) is 2.36. The molecule has 0 aromatic heterocycles. The van der Waals surface area contributed by atoms with Crippen molar-refractivity contribution in [3.63, 3.8) is 0 Å². The molecule has 1 aromatic carbocycles. The second-order valence-electron chi connectivity index (χ2n) is 5.35. The van der Waals surface area contributed by atoms with E-state index in [1.807, 2.05) is 30.5 Å². The number of nitrogens with zero attached hydrogens (tertiary/aromatic N) is 1. The van der Waals surface area contributed by atoms with Crippen molar-refractivity contribution in [2.75, 3.05) is 13.7 Å². The van der Waals surface area contributed by atoms with E-state index in [0.29, 0.717) is 6.04 Å². The molecule has 1 fully saturated rings. The summed E-state index contributed by atoms with van der Waals surface area (Å²) in [5, 5.41) is 0. The van der Waals surface area contributed by atoms with Gasteiger partial charge in [-0.15, -0.1) is 0 Å². The van der Waals surface area contributed by atoms with Crippen molar-refractivity contribution >= 4 is 6.21 Å². The van der Waals surface area contributed by atoms with Crippen LogP contribution in [0.2, 0.25) is 0 Å². The Kier molecular flexibility index (Phi) is 4.59. The van der Waals surface area contributed by atoms with Crippen LogP contribution in [0.3, 0.4) is 0 Å². The third-order valence-electron chi connectivity index (χ3n) is 3.87. The summed E-state index contributed by atoms with van der Waals surface area (Å²) in [5.74, 6) is 0.877. The number of hydrogen-bond donors (Lipinski definition) is 0. The van der Waals surface area contributed by atoms with E-state index in [9.17, 15) is 0 Å². The molecule has 0 bridgehead atoms. The summed E-state index contributed by atoms with van der Waals surface area (Å²) in [5.41, 5.74) is 1.12. The highest BCUT2D eigenvalue weighted by atomic mass is 16.5. The number of hydrogen-bond acceptors (Lipinski definition) is 3. The largest absolute Gasteiger partial charge is 0.497 e. The maximum Gasteiger partial charge on any atom is 0.118 e. The van der Waals surface area contributed by atoms with Gasteiger partial charge in [0.1, 0.15) is 5.75 Å². The van der Waals surface area contributed by atoms with Crippen molar-refractivity contribution in [3.8, 4) is 5.75 Å². The Labute approximate surface area is 115 Å². The van der Waals surface area contributed by atoms with E-state index in [-0.39, 0.29) is 5.60 Å². The minimum absolute atomic E-state index is 0.000163. The lowest BCUT2D eigenvalue weighted by molar-refractivity contribution is -0.0729. The smallest absolute Gasteiger partial charge is 0.118 e. The van der Waals surface area contributed by atoms with Crippen LogP contribution in [0.15, 0.2) is 29.3 Å². The van der Waals surface area contributed by atoms with Crippen molar-refractivity contribution in [3.05, 3.63) is 29.8 Å². The quantitative estimate of drug-likeness (QED) is 0.777. The molecule has 1 aromatic rings. The molecule has 0 aliphatic carbocycles. The molecule has 2 unspecified atom stereocenters. The first kappa shape index (κ1) is 14.1. The van der Waals surface area contributed by atoms with Gasteiger partial charge in [-0.25, -0.2) is 0 Å². The fourth-order valence-electron chi connectivity index (χ4n) is 2.36. The SMILES string of the molecule is CCC1(C)CC(N=Cc2ccc(OC)cc2)CCO1. The zero-order valence-electron chi connectivity index (χ0n) is 12.1. The topological polar surface area (TPSA) is 30.8 Å². The van der Waals surface area contributed by atoms with Gasteiger partial charge in [-0.3, -0.25) is 4.99 Å². The Morgan fingerprint density at radius 1 is 1.42 bits per heavy atom. The predicted molar refractivity (Wildman–Crippen MR) is 78.3 cm³/mol. The summed E-state index contributed by atoms with van der Waals surface area (Å²) < 4.78 is 11.0. The summed E-state index contributed by atoms with van der Waals surface area (Å²) in [4.78, 5) is 4.71. The zero-order chi connectivity index (χ0) is 13.7. The van der Waals surface area contributed by atoms with Gasteiger partial charge in [0, 0.05) is 12.8 Å². The first-order valence-electron chi connectivity index (χ1n) is 6.96. The molecule has 0 saturated carbocycles. The van der Waals surface area contributed by atoms with E-state index in [4.69, 9.17) is 14.5 Å². The Bertz CT molecular complexity index is 427. The summed E-state index contributed by atoms with van der Waals surface area (Å²) in [6, 6.07) is 8.35. The average molecular weight is 261 g/mol. The van der Waals surface area contributed by atoms with Gasteiger partial charge < -0.3 is 9.47 Å². The fraction of sp³-hybridized carbons (Fsp3) is 0.562. The number of methoxy groups -OCH3 is 1. The zero-order valence-corrected chi connectivity index (χ0v) is 12.1. The second kappa shape index (κ2) is 6.20. The molecule has 0 radical (unpaired) electrons. The van der Waals surface area contributed by atoms with Gasteiger partial charge in [0.2, 0.25) is 0 Å². The predicted octanol–water partition coefficient (Wildman–Crippen LogP) is 3.46. The molecule has 3 heteroatoms.